The Labute approximate surface area is 111 Å². The Morgan fingerprint density at radius 3 is 3.00 bits per heavy atom. The normalized spacial score (nSPS) is 22.9. The van der Waals surface area contributed by atoms with Gasteiger partial charge >= 0.3 is 0 Å². The predicted octanol–water partition coefficient (Wildman–Crippen LogP) is 0.692. The molecule has 2 heterocycles. The Bertz CT molecular complexity index is 482. The second-order valence-corrected chi connectivity index (χ2v) is 4.90. The minimum absolute atomic E-state index is 0.0197. The summed E-state index contributed by atoms with van der Waals surface area (Å²) < 4.78 is 10.7. The maximum Gasteiger partial charge on any atom is 0.254 e. The Morgan fingerprint density at radius 1 is 1.32 bits per heavy atom. The van der Waals surface area contributed by atoms with Gasteiger partial charge in [0.2, 0.25) is 0 Å². The van der Waals surface area contributed by atoms with Gasteiger partial charge in [0, 0.05) is 13.1 Å². The number of rotatable bonds is 1. The first-order chi connectivity index (χ1) is 9.24. The summed E-state index contributed by atoms with van der Waals surface area (Å²) in [4.78, 5) is 14.1. The highest BCUT2D eigenvalue weighted by Gasteiger charge is 2.29. The van der Waals surface area contributed by atoms with E-state index >= 15 is 0 Å². The van der Waals surface area contributed by atoms with Crippen LogP contribution in [0.1, 0.15) is 11.1 Å². The van der Waals surface area contributed by atoms with Gasteiger partial charge in [0.1, 0.15) is 5.75 Å². The molecule has 1 saturated heterocycles. The van der Waals surface area contributed by atoms with Crippen molar-refractivity contribution in [1.29, 1.82) is 0 Å². The topological polar surface area (TPSA) is 59.0 Å². The number of carbonyl (C=O) groups excluding carboxylic acids is 1. The van der Waals surface area contributed by atoms with Crippen LogP contribution in [0.4, 0.5) is 0 Å². The molecule has 5 heteroatoms. The van der Waals surface area contributed by atoms with E-state index in [2.05, 4.69) is 0 Å². The third-order valence-electron chi connectivity index (χ3n) is 3.61. The molecule has 3 rings (SSSR count). The summed E-state index contributed by atoms with van der Waals surface area (Å²) in [5.41, 5.74) is 2.21. The highest BCUT2D eigenvalue weighted by Crippen LogP contribution is 2.24. The van der Waals surface area contributed by atoms with E-state index in [9.17, 15) is 9.90 Å². The molecule has 1 aromatic rings. The minimum Gasteiger partial charge on any atom is -0.508 e. The summed E-state index contributed by atoms with van der Waals surface area (Å²) >= 11 is 0. The number of phenols is 1. The lowest BCUT2D eigenvalue weighted by Crippen LogP contribution is -2.47. The SMILES string of the molecule is O=C(C1COCCO1)N1CCc2ccc(O)cc2C1. The average molecular weight is 263 g/mol. The lowest BCUT2D eigenvalue weighted by Gasteiger charge is -2.33. The van der Waals surface area contributed by atoms with Crippen LogP contribution in [0.3, 0.4) is 0 Å². The lowest BCUT2D eigenvalue weighted by molar-refractivity contribution is -0.158. The van der Waals surface area contributed by atoms with Crippen LogP contribution in [-0.2, 0) is 27.2 Å². The fraction of sp³-hybridized carbons (Fsp3) is 0.500. The zero-order valence-corrected chi connectivity index (χ0v) is 10.7. The first-order valence-electron chi connectivity index (χ1n) is 6.53. The van der Waals surface area contributed by atoms with Crippen LogP contribution >= 0.6 is 0 Å². The largest absolute Gasteiger partial charge is 0.508 e. The van der Waals surface area contributed by atoms with Crippen molar-refractivity contribution in [3.05, 3.63) is 29.3 Å². The van der Waals surface area contributed by atoms with E-state index in [4.69, 9.17) is 9.47 Å². The third-order valence-corrected chi connectivity index (χ3v) is 3.61. The summed E-state index contributed by atoms with van der Waals surface area (Å²) in [5.74, 6) is 0.221. The predicted molar refractivity (Wildman–Crippen MR) is 67.8 cm³/mol. The van der Waals surface area contributed by atoms with Crippen LogP contribution in [0.15, 0.2) is 18.2 Å². The monoisotopic (exact) mass is 263 g/mol. The van der Waals surface area contributed by atoms with E-state index in [-0.39, 0.29) is 11.7 Å². The number of ether oxygens (including phenoxy) is 2. The van der Waals surface area contributed by atoms with E-state index < -0.39 is 6.10 Å². The maximum absolute atomic E-state index is 12.3. The molecular weight excluding hydrogens is 246 g/mol. The molecule has 2 aliphatic heterocycles. The van der Waals surface area contributed by atoms with Gasteiger partial charge in [-0.2, -0.15) is 0 Å². The molecule has 1 unspecified atom stereocenters. The van der Waals surface area contributed by atoms with Crippen LogP contribution in [0.5, 0.6) is 5.75 Å². The van der Waals surface area contributed by atoms with Crippen molar-refractivity contribution >= 4 is 5.91 Å². The van der Waals surface area contributed by atoms with Crippen molar-refractivity contribution in [2.75, 3.05) is 26.4 Å². The molecule has 1 N–H and O–H groups in total. The summed E-state index contributed by atoms with van der Waals surface area (Å²) in [6.45, 7) is 2.59. The molecule has 5 nitrogen and oxygen atoms in total. The Kier molecular flexibility index (Phi) is 3.40. The molecule has 0 radical (unpaired) electrons. The quantitative estimate of drug-likeness (QED) is 0.810. The van der Waals surface area contributed by atoms with Crippen molar-refractivity contribution in [1.82, 2.24) is 4.90 Å². The van der Waals surface area contributed by atoms with Crippen LogP contribution in [0.25, 0.3) is 0 Å². The van der Waals surface area contributed by atoms with Gasteiger partial charge in [-0.3, -0.25) is 4.79 Å². The van der Waals surface area contributed by atoms with Gasteiger partial charge in [0.25, 0.3) is 5.91 Å². The van der Waals surface area contributed by atoms with Gasteiger partial charge in [-0.25, -0.2) is 0 Å². The Balaban J connectivity index is 1.72. The van der Waals surface area contributed by atoms with Crippen molar-refractivity contribution < 1.29 is 19.4 Å². The number of amides is 1. The van der Waals surface area contributed by atoms with E-state index in [1.807, 2.05) is 6.07 Å². The molecular formula is C14H17NO4. The van der Waals surface area contributed by atoms with Crippen molar-refractivity contribution in [2.24, 2.45) is 0 Å². The van der Waals surface area contributed by atoms with Crippen molar-refractivity contribution in [3.63, 3.8) is 0 Å². The molecule has 1 amide bonds. The number of nitrogens with zero attached hydrogens (tertiary/aromatic N) is 1. The molecule has 102 valence electrons. The van der Waals surface area contributed by atoms with E-state index in [0.29, 0.717) is 32.9 Å². The van der Waals surface area contributed by atoms with Crippen LogP contribution in [0.2, 0.25) is 0 Å². The van der Waals surface area contributed by atoms with E-state index in [0.717, 1.165) is 12.0 Å². The second-order valence-electron chi connectivity index (χ2n) is 4.90. The number of benzene rings is 1. The van der Waals surface area contributed by atoms with Gasteiger partial charge in [0.05, 0.1) is 19.8 Å². The molecule has 0 aromatic heterocycles. The standard InChI is InChI=1S/C14H17NO4/c16-12-2-1-10-3-4-15(8-11(10)7-12)14(17)13-9-18-5-6-19-13/h1-2,7,13,16H,3-6,8-9H2. The minimum atomic E-state index is -0.479. The molecule has 1 fully saturated rings. The molecule has 1 aromatic carbocycles. The number of phenolic OH excluding ortho intramolecular Hbond substituents is 1. The number of hydrogen-bond acceptors (Lipinski definition) is 4. The van der Waals surface area contributed by atoms with Gasteiger partial charge in [-0.05, 0) is 29.7 Å². The lowest BCUT2D eigenvalue weighted by atomic mass is 9.99. The summed E-state index contributed by atoms with van der Waals surface area (Å²) in [6, 6.07) is 5.34. The highest BCUT2D eigenvalue weighted by molar-refractivity contribution is 5.81. The van der Waals surface area contributed by atoms with Crippen molar-refractivity contribution in [3.8, 4) is 5.75 Å². The summed E-state index contributed by atoms with van der Waals surface area (Å²) in [6.07, 6.45) is 0.335. The number of fused-ring (bicyclic) bond motifs is 1. The van der Waals surface area contributed by atoms with Crippen LogP contribution in [0, 0.1) is 0 Å². The summed E-state index contributed by atoms with van der Waals surface area (Å²) in [5, 5.41) is 9.51. The zero-order valence-electron chi connectivity index (χ0n) is 10.7. The molecule has 0 saturated carbocycles. The Morgan fingerprint density at radius 2 is 2.21 bits per heavy atom. The third kappa shape index (κ3) is 2.57. The van der Waals surface area contributed by atoms with E-state index in [1.54, 1.807) is 17.0 Å². The van der Waals surface area contributed by atoms with Gasteiger partial charge < -0.3 is 19.5 Å². The first-order valence-corrected chi connectivity index (χ1v) is 6.53. The first kappa shape index (κ1) is 12.4. The second kappa shape index (κ2) is 5.19. The Hall–Kier alpha value is -1.59. The maximum atomic E-state index is 12.3. The molecule has 19 heavy (non-hydrogen) atoms. The van der Waals surface area contributed by atoms with Crippen molar-refractivity contribution in [2.45, 2.75) is 19.1 Å². The summed E-state index contributed by atoms with van der Waals surface area (Å²) in [7, 11) is 0. The highest BCUT2D eigenvalue weighted by atomic mass is 16.6. The smallest absolute Gasteiger partial charge is 0.254 e. The fourth-order valence-corrected chi connectivity index (χ4v) is 2.57. The molecule has 1 atom stereocenters. The average Bonchev–Trinajstić information content (AvgIpc) is 2.46. The van der Waals surface area contributed by atoms with Crippen LogP contribution in [-0.4, -0.2) is 48.4 Å². The van der Waals surface area contributed by atoms with Gasteiger partial charge in [-0.15, -0.1) is 0 Å². The number of aromatic hydroxyl groups is 1. The van der Waals surface area contributed by atoms with Crippen LogP contribution < -0.4 is 0 Å². The van der Waals surface area contributed by atoms with Gasteiger partial charge in [0.15, 0.2) is 6.10 Å². The van der Waals surface area contributed by atoms with E-state index in [1.165, 1.54) is 5.56 Å². The molecule has 2 aliphatic rings. The molecule has 0 spiro atoms. The molecule has 0 aliphatic carbocycles. The number of hydrogen-bond donors (Lipinski definition) is 1. The number of carbonyl (C=O) groups is 1. The van der Waals surface area contributed by atoms with Gasteiger partial charge in [-0.1, -0.05) is 6.07 Å². The molecule has 0 bridgehead atoms. The fourth-order valence-electron chi connectivity index (χ4n) is 2.57. The zero-order chi connectivity index (χ0) is 13.2.